The van der Waals surface area contributed by atoms with Gasteiger partial charge in [-0.3, -0.25) is 10.3 Å². The van der Waals surface area contributed by atoms with E-state index in [1.807, 2.05) is 31.2 Å². The number of carboxylic acid groups (broad SMARTS) is 1. The summed E-state index contributed by atoms with van der Waals surface area (Å²) in [5, 5.41) is 14.5. The van der Waals surface area contributed by atoms with E-state index in [1.165, 1.54) is 12.1 Å². The van der Waals surface area contributed by atoms with Crippen LogP contribution in [0.5, 0.6) is 0 Å². The number of rotatable bonds is 8. The summed E-state index contributed by atoms with van der Waals surface area (Å²) in [7, 11) is 0. The molecule has 31 heavy (non-hydrogen) atoms. The van der Waals surface area contributed by atoms with E-state index in [1.54, 1.807) is 35.0 Å². The van der Waals surface area contributed by atoms with Crippen LogP contribution in [-0.4, -0.2) is 27.4 Å². The number of aromatic carboxylic acids is 1. The molecule has 0 fully saturated rings. The Morgan fingerprint density at radius 2 is 2.00 bits per heavy atom. The van der Waals surface area contributed by atoms with Gasteiger partial charge in [0, 0.05) is 23.2 Å². The van der Waals surface area contributed by atoms with Crippen molar-refractivity contribution < 1.29 is 23.7 Å². The number of para-hydroxylation sites is 1. The summed E-state index contributed by atoms with van der Waals surface area (Å²) in [6.07, 6.45) is 2.38. The van der Waals surface area contributed by atoms with Gasteiger partial charge in [-0.15, -0.1) is 0 Å². The predicted octanol–water partition coefficient (Wildman–Crippen LogP) is 5.02. The van der Waals surface area contributed by atoms with Crippen LogP contribution in [0.3, 0.4) is 0 Å². The van der Waals surface area contributed by atoms with Gasteiger partial charge in [0.05, 0.1) is 12.1 Å². The lowest BCUT2D eigenvalue weighted by molar-refractivity contribution is 0.0688. The molecule has 0 aliphatic rings. The van der Waals surface area contributed by atoms with E-state index >= 15 is 0 Å². The van der Waals surface area contributed by atoms with Crippen molar-refractivity contribution >= 4 is 28.8 Å². The second-order valence-electron chi connectivity index (χ2n) is 6.84. The Labute approximate surface area is 177 Å². The summed E-state index contributed by atoms with van der Waals surface area (Å²) in [6.45, 7) is 2.41. The predicted molar refractivity (Wildman–Crippen MR) is 114 cm³/mol. The molecule has 0 bridgehead atoms. The Hall–Kier alpha value is -3.91. The van der Waals surface area contributed by atoms with Crippen LogP contribution in [0.25, 0.3) is 34.1 Å². The zero-order valence-corrected chi connectivity index (χ0v) is 16.7. The zero-order valence-electron chi connectivity index (χ0n) is 16.7. The average molecular weight is 421 g/mol. The van der Waals surface area contributed by atoms with Crippen molar-refractivity contribution in [2.24, 2.45) is 0 Å². The van der Waals surface area contributed by atoms with E-state index in [4.69, 9.17) is 9.36 Å². The molecule has 0 aliphatic carbocycles. The van der Waals surface area contributed by atoms with Gasteiger partial charge in [0.2, 0.25) is 0 Å². The summed E-state index contributed by atoms with van der Waals surface area (Å²) >= 11 is 0. The minimum atomic E-state index is -1.06. The number of carboxylic acids is 1. The highest BCUT2D eigenvalue weighted by atomic mass is 19.1. The number of carbonyl (C=O) groups is 1. The lowest BCUT2D eigenvalue weighted by atomic mass is 10.1. The summed E-state index contributed by atoms with van der Waals surface area (Å²) in [6, 6.07) is 16.5. The molecule has 2 aromatic carbocycles. The van der Waals surface area contributed by atoms with Crippen molar-refractivity contribution in [1.29, 1.82) is 0 Å². The van der Waals surface area contributed by atoms with E-state index in [0.717, 1.165) is 11.8 Å². The lowest BCUT2D eigenvalue weighted by Gasteiger charge is -2.10. The van der Waals surface area contributed by atoms with Crippen LogP contribution in [0.15, 0.2) is 65.2 Å². The first-order valence-electron chi connectivity index (χ1n) is 9.72. The molecule has 0 amide bonds. The molecule has 0 radical (unpaired) electrons. The Bertz CT molecular complexity index is 1240. The third kappa shape index (κ3) is 4.34. The van der Waals surface area contributed by atoms with Crippen LogP contribution in [0.1, 0.15) is 29.6 Å². The SMILES string of the molecule is CCCONC(=Cn1c(C(=O)O)cc2ccccc21)c1cc(-c2ccc(F)cc2)no1. The molecular weight excluding hydrogens is 401 g/mol. The second kappa shape index (κ2) is 8.85. The Morgan fingerprint density at radius 3 is 2.74 bits per heavy atom. The number of hydrogen-bond donors (Lipinski definition) is 2. The molecule has 0 saturated carbocycles. The number of hydroxylamine groups is 1. The molecule has 2 heterocycles. The fourth-order valence-corrected chi connectivity index (χ4v) is 3.14. The van der Waals surface area contributed by atoms with E-state index in [2.05, 4.69) is 10.6 Å². The average Bonchev–Trinajstić information content (AvgIpc) is 3.39. The number of aromatic nitrogens is 2. The number of hydrogen-bond acceptors (Lipinski definition) is 5. The van der Waals surface area contributed by atoms with Gasteiger partial charge in [-0.05, 0) is 42.8 Å². The second-order valence-corrected chi connectivity index (χ2v) is 6.84. The van der Waals surface area contributed by atoms with E-state index < -0.39 is 5.97 Å². The van der Waals surface area contributed by atoms with Gasteiger partial charge in [-0.1, -0.05) is 30.3 Å². The molecule has 0 unspecified atom stereocenters. The van der Waals surface area contributed by atoms with Crippen LogP contribution >= 0.6 is 0 Å². The Balaban J connectivity index is 1.78. The maximum absolute atomic E-state index is 13.2. The fraction of sp³-hybridized carbons (Fsp3) is 0.130. The van der Waals surface area contributed by atoms with Gasteiger partial charge in [0.15, 0.2) is 5.76 Å². The minimum absolute atomic E-state index is 0.0919. The number of fused-ring (bicyclic) bond motifs is 1. The van der Waals surface area contributed by atoms with E-state index in [-0.39, 0.29) is 11.5 Å². The Morgan fingerprint density at radius 1 is 1.23 bits per heavy atom. The summed E-state index contributed by atoms with van der Waals surface area (Å²) < 4.78 is 20.3. The highest BCUT2D eigenvalue weighted by Gasteiger charge is 2.17. The molecule has 0 saturated heterocycles. The number of nitrogens with one attached hydrogen (secondary N) is 1. The van der Waals surface area contributed by atoms with E-state index in [9.17, 15) is 14.3 Å². The van der Waals surface area contributed by atoms with Gasteiger partial charge < -0.3 is 14.2 Å². The smallest absolute Gasteiger partial charge is 0.352 e. The third-order valence-corrected chi connectivity index (χ3v) is 4.63. The number of halogens is 1. The number of nitrogens with zero attached hydrogens (tertiary/aromatic N) is 2. The summed E-state index contributed by atoms with van der Waals surface area (Å²) in [4.78, 5) is 17.3. The highest BCUT2D eigenvalue weighted by Crippen LogP contribution is 2.26. The molecule has 4 rings (SSSR count). The lowest BCUT2D eigenvalue weighted by Crippen LogP contribution is -2.15. The van der Waals surface area contributed by atoms with Gasteiger partial charge in [0.25, 0.3) is 0 Å². The largest absolute Gasteiger partial charge is 0.477 e. The maximum Gasteiger partial charge on any atom is 0.352 e. The monoisotopic (exact) mass is 421 g/mol. The van der Waals surface area contributed by atoms with Gasteiger partial charge in [-0.2, -0.15) is 0 Å². The zero-order chi connectivity index (χ0) is 21.8. The third-order valence-electron chi connectivity index (χ3n) is 4.63. The van der Waals surface area contributed by atoms with Crippen molar-refractivity contribution in [3.05, 3.63) is 77.9 Å². The van der Waals surface area contributed by atoms with Gasteiger partial charge >= 0.3 is 5.97 Å². The maximum atomic E-state index is 13.2. The quantitative estimate of drug-likeness (QED) is 0.307. The molecule has 8 heteroatoms. The molecule has 0 aliphatic heterocycles. The molecule has 2 aromatic heterocycles. The molecule has 0 atom stereocenters. The molecular formula is C23H20FN3O4. The summed E-state index contributed by atoms with van der Waals surface area (Å²) in [5.74, 6) is -1.07. The standard InChI is InChI=1S/C23H20FN3O4/c1-2-11-30-25-19(22-13-18(26-31-22)15-7-9-17(24)10-8-15)14-27-20-6-4-3-5-16(20)12-21(27)23(28)29/h3-10,12-14,25H,2,11H2,1H3,(H,28,29). The molecule has 2 N–H and O–H groups in total. The van der Waals surface area contributed by atoms with E-state index in [0.29, 0.717) is 34.8 Å². The first kappa shape index (κ1) is 20.4. The normalized spacial score (nSPS) is 11.7. The van der Waals surface area contributed by atoms with Crippen molar-refractivity contribution in [1.82, 2.24) is 15.2 Å². The first-order chi connectivity index (χ1) is 15.1. The van der Waals surface area contributed by atoms with Gasteiger partial charge in [0.1, 0.15) is 22.9 Å². The topological polar surface area (TPSA) is 89.5 Å². The molecule has 4 aromatic rings. The van der Waals surface area contributed by atoms with Crippen LogP contribution < -0.4 is 5.48 Å². The van der Waals surface area contributed by atoms with Crippen LogP contribution in [0.2, 0.25) is 0 Å². The van der Waals surface area contributed by atoms with Crippen molar-refractivity contribution in [2.45, 2.75) is 13.3 Å². The van der Waals surface area contributed by atoms with Crippen molar-refractivity contribution in [3.63, 3.8) is 0 Å². The van der Waals surface area contributed by atoms with Crippen molar-refractivity contribution in [3.8, 4) is 11.3 Å². The van der Waals surface area contributed by atoms with Crippen molar-refractivity contribution in [2.75, 3.05) is 6.61 Å². The first-order valence-corrected chi connectivity index (χ1v) is 9.72. The summed E-state index contributed by atoms with van der Waals surface area (Å²) in [5.41, 5.74) is 5.22. The molecule has 7 nitrogen and oxygen atoms in total. The molecule has 158 valence electrons. The minimum Gasteiger partial charge on any atom is -0.477 e. The number of benzene rings is 2. The molecule has 0 spiro atoms. The fourth-order valence-electron chi connectivity index (χ4n) is 3.14. The van der Waals surface area contributed by atoms with Crippen LogP contribution in [-0.2, 0) is 4.84 Å². The van der Waals surface area contributed by atoms with Crippen LogP contribution in [0, 0.1) is 5.82 Å². The Kier molecular flexibility index (Phi) is 5.81. The van der Waals surface area contributed by atoms with Crippen LogP contribution in [0.4, 0.5) is 4.39 Å². The highest BCUT2D eigenvalue weighted by molar-refractivity contribution is 5.97. The van der Waals surface area contributed by atoms with Gasteiger partial charge in [-0.25, -0.2) is 9.18 Å².